The topological polar surface area (TPSA) is 188 Å². The highest BCUT2D eigenvalue weighted by Crippen LogP contribution is 2.43. The minimum atomic E-state index is -0.830. The van der Waals surface area contributed by atoms with Gasteiger partial charge in [-0.15, -0.1) is 0 Å². The smallest absolute Gasteiger partial charge is 0.407 e. The van der Waals surface area contributed by atoms with Crippen molar-refractivity contribution in [3.8, 4) is 16.9 Å². The Morgan fingerprint density at radius 1 is 0.619 bits per heavy atom. The van der Waals surface area contributed by atoms with E-state index in [1.807, 2.05) is 88.4 Å². The van der Waals surface area contributed by atoms with Crippen LogP contribution in [0.15, 0.2) is 66.7 Å². The number of anilines is 3. The zero-order valence-electron chi connectivity index (χ0n) is 37.3. The van der Waals surface area contributed by atoms with E-state index in [0.717, 1.165) is 41.8 Å². The van der Waals surface area contributed by atoms with E-state index in [-0.39, 0.29) is 41.5 Å². The first-order valence-corrected chi connectivity index (χ1v) is 21.8. The molecule has 5 atom stereocenters. The Hall–Kier alpha value is -6.32. The molecule has 0 bridgehead atoms. The summed E-state index contributed by atoms with van der Waals surface area (Å²) in [5, 5.41) is 11.3. The molecule has 6 rings (SSSR count). The summed E-state index contributed by atoms with van der Waals surface area (Å²) in [6.45, 7) is 8.97. The quantitative estimate of drug-likeness (QED) is 0.143. The fraction of sp³-hybridized carbons (Fsp3) is 0.489. The third-order valence-electron chi connectivity index (χ3n) is 12.2. The van der Waals surface area contributed by atoms with E-state index in [4.69, 9.17) is 14.2 Å². The number of likely N-dealkylation sites (tertiary alicyclic amines) is 2. The monoisotopic (exact) mass is 867 g/mol. The first kappa shape index (κ1) is 46.2. The number of rotatable bonds is 14. The standard InChI is InChI=1S/C47H61N7O9/c1-28(2)40(50-46(59)62-6)44(57)53-24-10-15-38(53)42(55)48-32-19-17-30(18-20-32)36-14-9-23-52(36)37-22-21-34(61-5)27-35(37)31-12-8-13-33(26-31)49-43(56)39-16-11-25-54(39)45(58)41(29(3)4)51-47(60)63-7/h8,12-13,17-22,26-29,36,38-41H,9-11,14-16,23-25H2,1-7H3,(H,48,55)(H,49,56)(H,50,59)(H,51,60)/t36-,38+,39+,40+,41+/m1/s1. The van der Waals surface area contributed by atoms with Crippen molar-refractivity contribution in [1.82, 2.24) is 20.4 Å². The van der Waals surface area contributed by atoms with Crippen molar-refractivity contribution in [3.63, 3.8) is 0 Å². The molecular formula is C47H61N7O9. The Kier molecular flexibility index (Phi) is 15.2. The zero-order chi connectivity index (χ0) is 45.4. The summed E-state index contributed by atoms with van der Waals surface area (Å²) >= 11 is 0. The largest absolute Gasteiger partial charge is 0.497 e. The van der Waals surface area contributed by atoms with Crippen molar-refractivity contribution in [3.05, 3.63) is 72.3 Å². The van der Waals surface area contributed by atoms with Crippen molar-refractivity contribution in [1.29, 1.82) is 0 Å². The predicted octanol–water partition coefficient (Wildman–Crippen LogP) is 6.32. The molecule has 0 aliphatic carbocycles. The van der Waals surface area contributed by atoms with E-state index in [9.17, 15) is 28.8 Å². The molecule has 16 heteroatoms. The summed E-state index contributed by atoms with van der Waals surface area (Å²) in [7, 11) is 4.12. The lowest BCUT2D eigenvalue weighted by Gasteiger charge is -2.30. The molecule has 63 heavy (non-hydrogen) atoms. The number of nitrogens with zero attached hydrogens (tertiary/aromatic N) is 3. The van der Waals surface area contributed by atoms with Crippen LogP contribution in [0, 0.1) is 11.8 Å². The van der Waals surface area contributed by atoms with Crippen molar-refractivity contribution in [2.45, 2.75) is 96.4 Å². The van der Waals surface area contributed by atoms with Gasteiger partial charge in [-0.2, -0.15) is 0 Å². The molecule has 0 aromatic heterocycles. The van der Waals surface area contributed by atoms with Crippen LogP contribution in [0.5, 0.6) is 5.75 Å². The van der Waals surface area contributed by atoms with Gasteiger partial charge in [-0.05, 0) is 104 Å². The van der Waals surface area contributed by atoms with Gasteiger partial charge < -0.3 is 50.2 Å². The van der Waals surface area contributed by atoms with Crippen molar-refractivity contribution < 1.29 is 43.0 Å². The zero-order valence-corrected chi connectivity index (χ0v) is 37.3. The van der Waals surface area contributed by atoms with Gasteiger partial charge in [-0.1, -0.05) is 52.0 Å². The van der Waals surface area contributed by atoms with Gasteiger partial charge in [0.15, 0.2) is 0 Å². The van der Waals surface area contributed by atoms with E-state index >= 15 is 0 Å². The summed E-state index contributed by atoms with van der Waals surface area (Å²) in [5.74, 6) is -0.943. The van der Waals surface area contributed by atoms with E-state index in [1.165, 1.54) is 14.2 Å². The molecular weight excluding hydrogens is 807 g/mol. The van der Waals surface area contributed by atoms with Gasteiger partial charge in [-0.3, -0.25) is 19.2 Å². The molecule has 6 amide bonds. The number of hydrogen-bond acceptors (Lipinski definition) is 10. The van der Waals surface area contributed by atoms with Gasteiger partial charge >= 0.3 is 12.2 Å². The van der Waals surface area contributed by atoms with E-state index in [1.54, 1.807) is 16.9 Å². The van der Waals surface area contributed by atoms with Gasteiger partial charge in [-0.25, -0.2) is 9.59 Å². The van der Waals surface area contributed by atoms with Crippen molar-refractivity contribution in [2.24, 2.45) is 11.8 Å². The molecule has 0 saturated carbocycles. The second-order valence-corrected chi connectivity index (χ2v) is 17.0. The molecule has 338 valence electrons. The Balaban J connectivity index is 1.16. The van der Waals surface area contributed by atoms with Crippen molar-refractivity contribution >= 4 is 52.9 Å². The van der Waals surface area contributed by atoms with Crippen LogP contribution in [0.3, 0.4) is 0 Å². The van der Waals surface area contributed by atoms with Crippen LogP contribution in [0.4, 0.5) is 26.7 Å². The highest BCUT2D eigenvalue weighted by molar-refractivity contribution is 6.00. The molecule has 4 N–H and O–H groups in total. The van der Waals surface area contributed by atoms with Crippen LogP contribution in [-0.2, 0) is 28.7 Å². The maximum Gasteiger partial charge on any atom is 0.407 e. The van der Waals surface area contributed by atoms with Crippen LogP contribution in [-0.4, -0.2) is 111 Å². The van der Waals surface area contributed by atoms with Crippen LogP contribution in [0.25, 0.3) is 11.1 Å². The second kappa shape index (κ2) is 20.7. The number of amides is 6. The maximum absolute atomic E-state index is 13.8. The highest BCUT2D eigenvalue weighted by Gasteiger charge is 2.40. The van der Waals surface area contributed by atoms with Gasteiger partial charge in [0.25, 0.3) is 0 Å². The normalized spacial score (nSPS) is 19.4. The third-order valence-corrected chi connectivity index (χ3v) is 12.2. The lowest BCUT2D eigenvalue weighted by Crippen LogP contribution is -2.54. The van der Waals surface area contributed by atoms with Crippen LogP contribution in [0.1, 0.15) is 77.8 Å². The maximum atomic E-state index is 13.8. The molecule has 3 aromatic carbocycles. The van der Waals surface area contributed by atoms with Crippen LogP contribution >= 0.6 is 0 Å². The minimum absolute atomic E-state index is 0.0391. The summed E-state index contributed by atoms with van der Waals surface area (Å²) in [6.07, 6.45) is 2.83. The van der Waals surface area contributed by atoms with Crippen molar-refractivity contribution in [2.75, 3.05) is 56.5 Å². The molecule has 3 aliphatic rings. The second-order valence-electron chi connectivity index (χ2n) is 17.0. The van der Waals surface area contributed by atoms with Crippen LogP contribution in [0.2, 0.25) is 0 Å². The summed E-state index contributed by atoms with van der Waals surface area (Å²) < 4.78 is 15.1. The Morgan fingerprint density at radius 2 is 1.16 bits per heavy atom. The van der Waals surface area contributed by atoms with E-state index in [0.29, 0.717) is 55.9 Å². The first-order chi connectivity index (χ1) is 30.2. The molecule has 3 aliphatic heterocycles. The molecule has 0 spiro atoms. The Bertz CT molecular complexity index is 2140. The fourth-order valence-electron chi connectivity index (χ4n) is 8.89. The Morgan fingerprint density at radius 3 is 1.68 bits per heavy atom. The Labute approximate surface area is 369 Å². The average molecular weight is 868 g/mol. The number of benzene rings is 3. The molecule has 3 aromatic rings. The molecule has 3 fully saturated rings. The van der Waals surface area contributed by atoms with E-state index in [2.05, 4.69) is 32.2 Å². The van der Waals surface area contributed by atoms with Gasteiger partial charge in [0.1, 0.15) is 29.9 Å². The predicted molar refractivity (Wildman–Crippen MR) is 239 cm³/mol. The summed E-state index contributed by atoms with van der Waals surface area (Å²) in [5.41, 5.74) is 5.06. The number of carbonyl (C=O) groups excluding carboxylic acids is 6. The lowest BCUT2D eigenvalue weighted by molar-refractivity contribution is -0.139. The van der Waals surface area contributed by atoms with Gasteiger partial charge in [0, 0.05) is 42.3 Å². The number of ether oxygens (including phenoxy) is 3. The SMILES string of the molecule is COC(=O)N[C@H](C(=O)N1CCC[C@H]1C(=O)Nc1ccc([C@H]2CCCN2c2ccc(OC)cc2-c2cccc(NC(=O)[C@@H]3CCCN3C(=O)[C@@H](NC(=O)OC)C(C)C)c2)cc1)C(C)C. The first-order valence-electron chi connectivity index (χ1n) is 21.8. The molecule has 16 nitrogen and oxygen atoms in total. The average Bonchev–Trinajstić information content (AvgIpc) is 4.09. The van der Waals surface area contributed by atoms with Crippen LogP contribution < -0.4 is 30.9 Å². The summed E-state index contributed by atoms with van der Waals surface area (Å²) in [6, 6.07) is 18.5. The third kappa shape index (κ3) is 10.7. The molecule has 0 radical (unpaired) electrons. The van der Waals surface area contributed by atoms with E-state index < -0.39 is 36.4 Å². The number of hydrogen-bond donors (Lipinski definition) is 4. The number of methoxy groups -OCH3 is 3. The van der Waals surface area contributed by atoms with Gasteiger partial charge in [0.2, 0.25) is 23.6 Å². The molecule has 3 heterocycles. The number of alkyl carbamates (subject to hydrolysis) is 2. The number of carbonyl (C=O) groups is 6. The molecule has 0 unspecified atom stereocenters. The molecule has 3 saturated heterocycles. The minimum Gasteiger partial charge on any atom is -0.497 e. The highest BCUT2D eigenvalue weighted by atomic mass is 16.5. The lowest BCUT2D eigenvalue weighted by atomic mass is 9.99. The summed E-state index contributed by atoms with van der Waals surface area (Å²) in [4.78, 5) is 84.0. The number of nitrogens with one attached hydrogen (secondary N) is 4. The fourth-order valence-corrected chi connectivity index (χ4v) is 8.89. The van der Waals surface area contributed by atoms with Gasteiger partial charge in [0.05, 0.1) is 27.4 Å².